The highest BCUT2D eigenvalue weighted by Gasteiger charge is 2.43. The average Bonchev–Trinajstić information content (AvgIpc) is 3.29. The van der Waals surface area contributed by atoms with Crippen LogP contribution in [0.15, 0.2) is 42.4 Å². The molecule has 7 nitrogen and oxygen atoms in total. The second kappa shape index (κ2) is 9.64. The number of nitrogens with zero attached hydrogens (tertiary/aromatic N) is 2. The first-order chi connectivity index (χ1) is 16.3. The fraction of sp³-hybridized carbons (Fsp3) is 0.364. The predicted molar refractivity (Wildman–Crippen MR) is 112 cm³/mol. The molecule has 0 spiro atoms. The number of aliphatic hydroxyl groups excluding tert-OH is 1. The number of anilines is 1. The second-order valence-corrected chi connectivity index (χ2v) is 7.91. The van der Waals surface area contributed by atoms with Crippen molar-refractivity contribution in [1.82, 2.24) is 15.3 Å². The molecular formula is C22H20F6N4O3. The Labute approximate surface area is 195 Å². The number of nitrogens with one attached hydrogen (secondary N) is 2. The number of ketones is 1. The van der Waals surface area contributed by atoms with E-state index in [1.165, 1.54) is 7.05 Å². The van der Waals surface area contributed by atoms with Crippen LogP contribution in [0.1, 0.15) is 36.9 Å². The van der Waals surface area contributed by atoms with Gasteiger partial charge in [-0.15, -0.1) is 0 Å². The smallest absolute Gasteiger partial charge is 0.433 e. The van der Waals surface area contributed by atoms with E-state index in [4.69, 9.17) is 0 Å². The maximum atomic E-state index is 13.3. The number of amides is 1. The highest BCUT2D eigenvalue weighted by molar-refractivity contribution is 6.26. The van der Waals surface area contributed by atoms with Crippen LogP contribution in [0.4, 0.5) is 32.0 Å². The molecule has 1 aliphatic rings. The molecule has 3 N–H and O–H groups in total. The third kappa shape index (κ3) is 5.45. The summed E-state index contributed by atoms with van der Waals surface area (Å²) in [6.45, 7) is 0. The van der Waals surface area contributed by atoms with Crippen molar-refractivity contribution >= 4 is 17.4 Å². The zero-order valence-electron chi connectivity index (χ0n) is 18.2. The van der Waals surface area contributed by atoms with Gasteiger partial charge in [-0.05, 0) is 44.2 Å². The number of rotatable bonds is 6. The van der Waals surface area contributed by atoms with Gasteiger partial charge in [-0.3, -0.25) is 9.59 Å². The number of alkyl halides is 6. The minimum absolute atomic E-state index is 0.297. The van der Waals surface area contributed by atoms with Gasteiger partial charge < -0.3 is 15.7 Å². The fourth-order valence-electron chi connectivity index (χ4n) is 3.94. The van der Waals surface area contributed by atoms with Gasteiger partial charge in [0.25, 0.3) is 5.91 Å². The zero-order valence-corrected chi connectivity index (χ0v) is 18.2. The number of Topliss-reactive ketones (excluding diaryl/α,β-unsaturated/α-hetero) is 1. The normalized spacial score (nSPS) is 16.3. The van der Waals surface area contributed by atoms with E-state index >= 15 is 0 Å². The summed E-state index contributed by atoms with van der Waals surface area (Å²) in [4.78, 5) is 32.6. The molecule has 0 unspecified atom stereocenters. The molecule has 0 saturated heterocycles. The summed E-state index contributed by atoms with van der Waals surface area (Å²) in [6.07, 6.45) is -6.71. The minimum Gasteiger partial charge on any atom is -0.515 e. The Morgan fingerprint density at radius 1 is 1.03 bits per heavy atom. The molecule has 0 aliphatic heterocycles. The van der Waals surface area contributed by atoms with Crippen LogP contribution < -0.4 is 10.6 Å². The first-order valence-electron chi connectivity index (χ1n) is 10.3. The predicted octanol–water partition coefficient (Wildman–Crippen LogP) is 4.66. The lowest BCUT2D eigenvalue weighted by Gasteiger charge is -2.27. The van der Waals surface area contributed by atoms with Gasteiger partial charge in [0, 0.05) is 5.56 Å². The molecule has 1 amide bonds. The van der Waals surface area contributed by atoms with E-state index in [0.29, 0.717) is 56.5 Å². The Morgan fingerprint density at radius 2 is 1.69 bits per heavy atom. The van der Waals surface area contributed by atoms with Gasteiger partial charge in [-0.25, -0.2) is 9.97 Å². The molecule has 1 heterocycles. The molecule has 188 valence electrons. The van der Waals surface area contributed by atoms with Crippen LogP contribution in [0.25, 0.3) is 11.3 Å². The van der Waals surface area contributed by atoms with Crippen LogP contribution in [-0.4, -0.2) is 39.4 Å². The van der Waals surface area contributed by atoms with Crippen LogP contribution in [0, 0.1) is 0 Å². The van der Waals surface area contributed by atoms with Crippen LogP contribution >= 0.6 is 0 Å². The second-order valence-electron chi connectivity index (χ2n) is 7.91. The summed E-state index contributed by atoms with van der Waals surface area (Å²) >= 11 is 0. The average molecular weight is 502 g/mol. The summed E-state index contributed by atoms with van der Waals surface area (Å²) in [5, 5.41) is 14.7. The van der Waals surface area contributed by atoms with E-state index in [0.717, 1.165) is 6.07 Å². The van der Waals surface area contributed by atoms with Crippen molar-refractivity contribution in [2.75, 3.05) is 12.4 Å². The number of carbonyl (C=O) groups excluding carboxylic acids is 2. The van der Waals surface area contributed by atoms with Gasteiger partial charge in [-0.1, -0.05) is 12.8 Å². The molecule has 35 heavy (non-hydrogen) atoms. The topological polar surface area (TPSA) is 104 Å². The van der Waals surface area contributed by atoms with Crippen molar-refractivity contribution in [3.63, 3.8) is 0 Å². The lowest BCUT2D eigenvalue weighted by atomic mass is 9.87. The first kappa shape index (κ1) is 26.1. The molecule has 0 radical (unpaired) electrons. The summed E-state index contributed by atoms with van der Waals surface area (Å²) in [6, 6.07) is 2.40. The van der Waals surface area contributed by atoms with Crippen molar-refractivity contribution in [1.29, 1.82) is 0 Å². The SMILES string of the molecule is CNC1(C(=O)C(=CO)C(=O)Nc2ccc(C(F)(F)F)cc2-c2cc(C(F)(F)F)ncn2)CCCC1. The Morgan fingerprint density at radius 3 is 2.23 bits per heavy atom. The van der Waals surface area contributed by atoms with E-state index in [1.54, 1.807) is 0 Å². The standard InChI is InChI=1S/C22H20F6N4O3/c1-29-20(6-2-3-7-20)18(34)14(10-33)19(35)32-15-5-4-12(21(23,24)25)8-13(15)16-9-17(22(26,27)28)31-11-30-16/h4-5,8-11,29,33H,2-3,6-7H2,1H3,(H,32,35). The number of benzene rings is 1. The quantitative estimate of drug-likeness (QED) is 0.175. The summed E-state index contributed by atoms with van der Waals surface area (Å²) in [7, 11) is 1.53. The molecule has 3 rings (SSSR count). The number of hydrogen-bond acceptors (Lipinski definition) is 6. The number of aliphatic hydroxyl groups is 1. The summed E-state index contributed by atoms with van der Waals surface area (Å²) < 4.78 is 79.2. The number of carbonyl (C=O) groups is 2. The monoisotopic (exact) mass is 502 g/mol. The highest BCUT2D eigenvalue weighted by Crippen LogP contribution is 2.38. The van der Waals surface area contributed by atoms with Gasteiger partial charge >= 0.3 is 12.4 Å². The molecule has 1 aliphatic carbocycles. The van der Waals surface area contributed by atoms with Crippen molar-refractivity contribution in [2.45, 2.75) is 43.6 Å². The summed E-state index contributed by atoms with van der Waals surface area (Å²) in [5.74, 6) is -1.86. The maximum Gasteiger partial charge on any atom is 0.433 e. The van der Waals surface area contributed by atoms with Gasteiger partial charge in [0.05, 0.1) is 28.7 Å². The van der Waals surface area contributed by atoms with E-state index in [1.807, 2.05) is 0 Å². The molecule has 1 aromatic heterocycles. The van der Waals surface area contributed by atoms with Crippen LogP contribution in [-0.2, 0) is 21.9 Å². The number of halogens is 6. The van der Waals surface area contributed by atoms with Crippen molar-refractivity contribution in [3.8, 4) is 11.3 Å². The highest BCUT2D eigenvalue weighted by atomic mass is 19.4. The largest absolute Gasteiger partial charge is 0.515 e. The zero-order chi connectivity index (χ0) is 26.0. The third-order valence-electron chi connectivity index (χ3n) is 5.82. The fourth-order valence-corrected chi connectivity index (χ4v) is 3.94. The molecule has 1 aromatic carbocycles. The molecule has 1 fully saturated rings. The molecule has 2 aromatic rings. The van der Waals surface area contributed by atoms with E-state index in [2.05, 4.69) is 20.6 Å². The van der Waals surface area contributed by atoms with Gasteiger partial charge in [0.2, 0.25) is 0 Å². The van der Waals surface area contributed by atoms with E-state index in [-0.39, 0.29) is 5.69 Å². The number of likely N-dealkylation sites (N-methyl/N-ethyl adjacent to an activating group) is 1. The molecule has 13 heteroatoms. The maximum absolute atomic E-state index is 13.3. The Balaban J connectivity index is 2.03. The number of hydrogen-bond donors (Lipinski definition) is 3. The lowest BCUT2D eigenvalue weighted by Crippen LogP contribution is -2.50. The van der Waals surface area contributed by atoms with Gasteiger partial charge in [0.15, 0.2) is 5.78 Å². The molecule has 0 bridgehead atoms. The van der Waals surface area contributed by atoms with E-state index in [9.17, 15) is 41.0 Å². The molecule has 0 atom stereocenters. The van der Waals surface area contributed by atoms with E-state index < -0.39 is 57.7 Å². The van der Waals surface area contributed by atoms with Crippen LogP contribution in [0.3, 0.4) is 0 Å². The summed E-state index contributed by atoms with van der Waals surface area (Å²) in [5.41, 5.74) is -5.75. The Hall–Kier alpha value is -3.48. The van der Waals surface area contributed by atoms with Crippen LogP contribution in [0.2, 0.25) is 0 Å². The first-order valence-corrected chi connectivity index (χ1v) is 10.3. The van der Waals surface area contributed by atoms with Crippen molar-refractivity contribution < 1.29 is 41.0 Å². The van der Waals surface area contributed by atoms with Crippen molar-refractivity contribution in [2.24, 2.45) is 0 Å². The van der Waals surface area contributed by atoms with Crippen molar-refractivity contribution in [3.05, 3.63) is 53.7 Å². The Kier molecular flexibility index (Phi) is 7.20. The molecule has 1 saturated carbocycles. The lowest BCUT2D eigenvalue weighted by molar-refractivity contribution is -0.141. The van der Waals surface area contributed by atoms with Gasteiger partial charge in [0.1, 0.15) is 17.6 Å². The Bertz CT molecular complexity index is 1150. The molecular weight excluding hydrogens is 482 g/mol. The van der Waals surface area contributed by atoms with Gasteiger partial charge in [-0.2, -0.15) is 26.3 Å². The number of aromatic nitrogens is 2. The minimum atomic E-state index is -4.90. The third-order valence-corrected chi connectivity index (χ3v) is 5.82. The van der Waals surface area contributed by atoms with Crippen LogP contribution in [0.5, 0.6) is 0 Å².